The van der Waals surface area contributed by atoms with E-state index < -0.39 is 0 Å². The zero-order valence-electron chi connectivity index (χ0n) is 9.64. The Labute approximate surface area is 83.4 Å². The molecule has 0 nitrogen and oxygen atoms in total. The molecule has 0 aliphatic heterocycles. The summed E-state index contributed by atoms with van der Waals surface area (Å²) >= 11 is 0. The molecule has 0 aromatic heterocycles. The smallest absolute Gasteiger partial charge is 0.0232 e. The molecule has 0 radical (unpaired) electrons. The highest BCUT2D eigenvalue weighted by molar-refractivity contribution is 5.06. The molecule has 0 aromatic carbocycles. The minimum absolute atomic E-state index is 0.644. The highest BCUT2D eigenvalue weighted by Crippen LogP contribution is 2.62. The van der Waals surface area contributed by atoms with E-state index in [2.05, 4.69) is 40.3 Å². The van der Waals surface area contributed by atoms with Crippen LogP contribution in [0.15, 0.2) is 12.7 Å². The van der Waals surface area contributed by atoms with Crippen molar-refractivity contribution in [3.05, 3.63) is 12.7 Å². The first-order valence-corrected chi connectivity index (χ1v) is 5.68. The predicted octanol–water partition coefficient (Wildman–Crippen LogP) is 4.27. The van der Waals surface area contributed by atoms with Gasteiger partial charge in [-0.3, -0.25) is 0 Å². The highest BCUT2D eigenvalue weighted by atomic mass is 14.6. The van der Waals surface area contributed by atoms with Gasteiger partial charge >= 0.3 is 0 Å². The second-order valence-electron chi connectivity index (χ2n) is 5.12. The Morgan fingerprint density at radius 1 is 1.46 bits per heavy atom. The molecule has 0 heteroatoms. The molecule has 0 bridgehead atoms. The minimum Gasteiger partial charge on any atom is -0.103 e. The molecule has 1 saturated carbocycles. The van der Waals surface area contributed by atoms with Crippen LogP contribution in [0.3, 0.4) is 0 Å². The van der Waals surface area contributed by atoms with Crippen LogP contribution in [0.25, 0.3) is 0 Å². The molecule has 3 atom stereocenters. The van der Waals surface area contributed by atoms with Crippen LogP contribution in [0.5, 0.6) is 0 Å². The predicted molar refractivity (Wildman–Crippen MR) is 59.6 cm³/mol. The maximum atomic E-state index is 3.87. The molecule has 0 heterocycles. The van der Waals surface area contributed by atoms with Gasteiger partial charge in [-0.1, -0.05) is 33.8 Å². The van der Waals surface area contributed by atoms with E-state index in [1.165, 1.54) is 19.3 Å². The van der Waals surface area contributed by atoms with E-state index in [1.807, 2.05) is 0 Å². The van der Waals surface area contributed by atoms with Gasteiger partial charge in [-0.15, -0.1) is 6.58 Å². The Hall–Kier alpha value is -0.260. The third kappa shape index (κ3) is 1.98. The molecule has 3 unspecified atom stereocenters. The first kappa shape index (κ1) is 10.8. The minimum atomic E-state index is 0.644. The summed E-state index contributed by atoms with van der Waals surface area (Å²) < 4.78 is 0. The number of hydrogen-bond donors (Lipinski definition) is 0. The van der Waals surface area contributed by atoms with Crippen LogP contribution >= 0.6 is 0 Å². The first-order chi connectivity index (χ1) is 6.07. The Balaban J connectivity index is 2.53. The van der Waals surface area contributed by atoms with Gasteiger partial charge in [0.1, 0.15) is 0 Å². The molecule has 0 amide bonds. The largest absolute Gasteiger partial charge is 0.103 e. The van der Waals surface area contributed by atoms with Gasteiger partial charge in [0.05, 0.1) is 0 Å². The van der Waals surface area contributed by atoms with E-state index in [0.29, 0.717) is 5.41 Å². The third-order valence-corrected chi connectivity index (χ3v) is 4.19. The van der Waals surface area contributed by atoms with E-state index in [0.717, 1.165) is 17.8 Å². The highest BCUT2D eigenvalue weighted by Gasteiger charge is 2.53. The first-order valence-electron chi connectivity index (χ1n) is 5.68. The van der Waals surface area contributed by atoms with Crippen LogP contribution in [0, 0.1) is 23.2 Å². The molecule has 0 saturated heterocycles. The fourth-order valence-electron chi connectivity index (χ4n) is 2.66. The summed E-state index contributed by atoms with van der Waals surface area (Å²) in [5.41, 5.74) is 0.644. The van der Waals surface area contributed by atoms with Crippen LogP contribution in [0.4, 0.5) is 0 Å². The lowest BCUT2D eigenvalue weighted by atomic mass is 9.85. The summed E-state index contributed by atoms with van der Waals surface area (Å²) in [6.07, 6.45) is 6.11. The Morgan fingerprint density at radius 3 is 2.46 bits per heavy atom. The average molecular weight is 180 g/mol. The van der Waals surface area contributed by atoms with Crippen molar-refractivity contribution in [2.75, 3.05) is 0 Å². The molecular weight excluding hydrogens is 156 g/mol. The van der Waals surface area contributed by atoms with Crippen molar-refractivity contribution in [3.8, 4) is 0 Å². The molecule has 1 aliphatic carbocycles. The summed E-state index contributed by atoms with van der Waals surface area (Å²) in [5, 5.41) is 0. The van der Waals surface area contributed by atoms with Crippen molar-refractivity contribution in [1.82, 2.24) is 0 Å². The lowest BCUT2D eigenvalue weighted by molar-refractivity contribution is 0.301. The van der Waals surface area contributed by atoms with E-state index in [1.54, 1.807) is 0 Å². The molecular formula is C13H24. The lowest BCUT2D eigenvalue weighted by Gasteiger charge is -2.20. The maximum Gasteiger partial charge on any atom is -0.0232 e. The average Bonchev–Trinajstić information content (AvgIpc) is 2.79. The summed E-state index contributed by atoms with van der Waals surface area (Å²) in [7, 11) is 0. The maximum absolute atomic E-state index is 3.87. The van der Waals surface area contributed by atoms with Crippen LogP contribution in [0.1, 0.15) is 47.0 Å². The Bertz CT molecular complexity index is 180. The van der Waals surface area contributed by atoms with E-state index >= 15 is 0 Å². The van der Waals surface area contributed by atoms with Crippen molar-refractivity contribution >= 4 is 0 Å². The van der Waals surface area contributed by atoms with E-state index in [4.69, 9.17) is 0 Å². The summed E-state index contributed by atoms with van der Waals surface area (Å²) in [6, 6.07) is 0. The van der Waals surface area contributed by atoms with Gasteiger partial charge in [0, 0.05) is 0 Å². The molecule has 1 fully saturated rings. The quantitative estimate of drug-likeness (QED) is 0.554. The number of allylic oxidation sites excluding steroid dienone is 1. The summed E-state index contributed by atoms with van der Waals surface area (Å²) in [5.74, 6) is 2.69. The molecule has 0 spiro atoms. The van der Waals surface area contributed by atoms with Gasteiger partial charge in [-0.05, 0) is 42.4 Å². The van der Waals surface area contributed by atoms with Crippen molar-refractivity contribution in [2.24, 2.45) is 23.2 Å². The second kappa shape index (κ2) is 3.86. The van der Waals surface area contributed by atoms with Crippen molar-refractivity contribution in [1.29, 1.82) is 0 Å². The van der Waals surface area contributed by atoms with Crippen molar-refractivity contribution in [2.45, 2.75) is 47.0 Å². The van der Waals surface area contributed by atoms with Gasteiger partial charge in [0.25, 0.3) is 0 Å². The topological polar surface area (TPSA) is 0 Å². The molecule has 0 aromatic rings. The lowest BCUT2D eigenvalue weighted by Crippen LogP contribution is -2.12. The standard InChI is InChI=1S/C13H24/c1-6-8-13(7-2)9-12(13)11(5)10(3)4/h6,10-12H,1,7-9H2,2-5H3. The fraction of sp³-hybridized carbons (Fsp3) is 0.846. The normalized spacial score (nSPS) is 34.7. The second-order valence-corrected chi connectivity index (χ2v) is 5.12. The zero-order valence-corrected chi connectivity index (χ0v) is 9.64. The van der Waals surface area contributed by atoms with Gasteiger partial charge < -0.3 is 0 Å². The van der Waals surface area contributed by atoms with Gasteiger partial charge in [0.2, 0.25) is 0 Å². The monoisotopic (exact) mass is 180 g/mol. The van der Waals surface area contributed by atoms with Crippen LogP contribution in [-0.4, -0.2) is 0 Å². The molecule has 76 valence electrons. The van der Waals surface area contributed by atoms with Gasteiger partial charge in [0.15, 0.2) is 0 Å². The Kier molecular flexibility index (Phi) is 3.21. The van der Waals surface area contributed by atoms with Crippen LogP contribution < -0.4 is 0 Å². The summed E-state index contributed by atoms with van der Waals surface area (Å²) in [6.45, 7) is 13.3. The van der Waals surface area contributed by atoms with Crippen LogP contribution in [0.2, 0.25) is 0 Å². The van der Waals surface area contributed by atoms with E-state index in [-0.39, 0.29) is 0 Å². The third-order valence-electron chi connectivity index (χ3n) is 4.19. The molecule has 1 rings (SSSR count). The van der Waals surface area contributed by atoms with E-state index in [9.17, 15) is 0 Å². The van der Waals surface area contributed by atoms with Crippen molar-refractivity contribution in [3.63, 3.8) is 0 Å². The number of hydrogen-bond acceptors (Lipinski definition) is 0. The SMILES string of the molecule is C=CCC1(CC)CC1C(C)C(C)C. The van der Waals surface area contributed by atoms with Gasteiger partial charge in [-0.25, -0.2) is 0 Å². The van der Waals surface area contributed by atoms with Gasteiger partial charge in [-0.2, -0.15) is 0 Å². The molecule has 13 heavy (non-hydrogen) atoms. The summed E-state index contributed by atoms with van der Waals surface area (Å²) in [4.78, 5) is 0. The zero-order chi connectivity index (χ0) is 10.1. The van der Waals surface area contributed by atoms with Crippen LogP contribution in [-0.2, 0) is 0 Å². The fourth-order valence-corrected chi connectivity index (χ4v) is 2.66. The molecule has 0 N–H and O–H groups in total. The van der Waals surface area contributed by atoms with Crippen molar-refractivity contribution < 1.29 is 0 Å². The number of rotatable bonds is 5. The Morgan fingerprint density at radius 2 is 2.08 bits per heavy atom. The molecule has 1 aliphatic rings.